The van der Waals surface area contributed by atoms with E-state index in [9.17, 15) is 0 Å². The predicted octanol–water partition coefficient (Wildman–Crippen LogP) is 2.41. The number of likely N-dealkylation sites (N-methyl/N-ethyl adjacent to an activating group) is 1. The van der Waals surface area contributed by atoms with Gasteiger partial charge < -0.3 is 10.6 Å². The van der Waals surface area contributed by atoms with Crippen molar-refractivity contribution in [2.24, 2.45) is 0 Å². The van der Waals surface area contributed by atoms with Crippen LogP contribution in [0.1, 0.15) is 6.92 Å². The van der Waals surface area contributed by atoms with Crippen molar-refractivity contribution in [1.29, 1.82) is 0 Å². The van der Waals surface area contributed by atoms with Crippen molar-refractivity contribution in [2.75, 3.05) is 25.0 Å². The average molecular weight is 234 g/mol. The molecule has 0 amide bonds. The maximum atomic E-state index is 5.91. The second-order valence-electron chi connectivity index (χ2n) is 2.76. The van der Waals surface area contributed by atoms with Crippen LogP contribution in [0.15, 0.2) is 12.3 Å². The van der Waals surface area contributed by atoms with E-state index in [1.54, 1.807) is 12.3 Å². The molecule has 5 heteroatoms. The summed E-state index contributed by atoms with van der Waals surface area (Å²) in [6.07, 6.45) is 1.57. The van der Waals surface area contributed by atoms with Crippen LogP contribution in [0.2, 0.25) is 10.0 Å². The molecule has 0 aliphatic rings. The van der Waals surface area contributed by atoms with Gasteiger partial charge in [0.2, 0.25) is 0 Å². The van der Waals surface area contributed by atoms with Crippen molar-refractivity contribution in [3.8, 4) is 0 Å². The number of rotatable bonds is 5. The van der Waals surface area contributed by atoms with Crippen LogP contribution < -0.4 is 10.6 Å². The molecule has 0 aliphatic carbocycles. The van der Waals surface area contributed by atoms with Crippen LogP contribution in [0.5, 0.6) is 0 Å². The first kappa shape index (κ1) is 11.6. The first-order valence-electron chi connectivity index (χ1n) is 4.49. The van der Waals surface area contributed by atoms with Gasteiger partial charge in [-0.2, -0.15) is 0 Å². The number of anilines is 1. The minimum absolute atomic E-state index is 0.548. The van der Waals surface area contributed by atoms with Gasteiger partial charge in [-0.1, -0.05) is 30.1 Å². The Morgan fingerprint density at radius 2 is 2.14 bits per heavy atom. The van der Waals surface area contributed by atoms with E-state index in [4.69, 9.17) is 23.2 Å². The quantitative estimate of drug-likeness (QED) is 0.768. The first-order valence-corrected chi connectivity index (χ1v) is 5.25. The van der Waals surface area contributed by atoms with Gasteiger partial charge in [0.1, 0.15) is 5.82 Å². The molecule has 1 rings (SSSR count). The zero-order chi connectivity index (χ0) is 10.4. The van der Waals surface area contributed by atoms with Crippen LogP contribution >= 0.6 is 23.2 Å². The molecule has 3 nitrogen and oxygen atoms in total. The van der Waals surface area contributed by atoms with Gasteiger partial charge >= 0.3 is 0 Å². The van der Waals surface area contributed by atoms with Crippen LogP contribution in [0.25, 0.3) is 0 Å². The molecule has 0 fully saturated rings. The maximum Gasteiger partial charge on any atom is 0.144 e. The minimum atomic E-state index is 0.548. The minimum Gasteiger partial charge on any atom is -0.368 e. The molecular weight excluding hydrogens is 221 g/mol. The van der Waals surface area contributed by atoms with Gasteiger partial charge in [-0.05, 0) is 12.6 Å². The first-order chi connectivity index (χ1) is 6.74. The van der Waals surface area contributed by atoms with Crippen molar-refractivity contribution in [3.63, 3.8) is 0 Å². The van der Waals surface area contributed by atoms with Gasteiger partial charge in [0, 0.05) is 19.3 Å². The molecular formula is C9H13Cl2N3. The average Bonchev–Trinajstić information content (AvgIpc) is 2.15. The van der Waals surface area contributed by atoms with Crippen molar-refractivity contribution >= 4 is 29.0 Å². The summed E-state index contributed by atoms with van der Waals surface area (Å²) < 4.78 is 0. The van der Waals surface area contributed by atoms with E-state index in [0.29, 0.717) is 15.9 Å². The summed E-state index contributed by atoms with van der Waals surface area (Å²) in [5.74, 6) is 0.675. The van der Waals surface area contributed by atoms with Crippen molar-refractivity contribution in [1.82, 2.24) is 10.3 Å². The van der Waals surface area contributed by atoms with Gasteiger partial charge in [0.25, 0.3) is 0 Å². The molecule has 1 heterocycles. The van der Waals surface area contributed by atoms with Crippen molar-refractivity contribution in [3.05, 3.63) is 22.3 Å². The zero-order valence-corrected chi connectivity index (χ0v) is 9.49. The number of nitrogens with zero attached hydrogens (tertiary/aromatic N) is 1. The highest BCUT2D eigenvalue weighted by molar-refractivity contribution is 6.35. The molecule has 0 aliphatic heterocycles. The lowest BCUT2D eigenvalue weighted by Crippen LogP contribution is -2.21. The number of pyridine rings is 1. The Kier molecular flexibility index (Phi) is 5.01. The number of halogens is 2. The molecule has 0 saturated heterocycles. The fourth-order valence-corrected chi connectivity index (χ4v) is 1.44. The molecule has 0 aromatic carbocycles. The third-order valence-corrected chi connectivity index (χ3v) is 2.15. The van der Waals surface area contributed by atoms with Crippen LogP contribution in [-0.4, -0.2) is 24.6 Å². The molecule has 1 aromatic rings. The van der Waals surface area contributed by atoms with Crippen molar-refractivity contribution in [2.45, 2.75) is 6.92 Å². The van der Waals surface area contributed by atoms with Crippen LogP contribution in [0, 0.1) is 0 Å². The summed E-state index contributed by atoms with van der Waals surface area (Å²) in [6.45, 7) is 4.70. The van der Waals surface area contributed by atoms with E-state index in [2.05, 4.69) is 22.5 Å². The third kappa shape index (κ3) is 3.70. The van der Waals surface area contributed by atoms with Gasteiger partial charge in [-0.3, -0.25) is 0 Å². The normalized spacial score (nSPS) is 10.2. The topological polar surface area (TPSA) is 37.0 Å². The largest absolute Gasteiger partial charge is 0.368 e. The Morgan fingerprint density at radius 1 is 1.36 bits per heavy atom. The molecule has 78 valence electrons. The fourth-order valence-electron chi connectivity index (χ4n) is 0.991. The lowest BCUT2D eigenvalue weighted by Gasteiger charge is -2.07. The van der Waals surface area contributed by atoms with Gasteiger partial charge in [-0.15, -0.1) is 0 Å². The molecule has 0 unspecified atom stereocenters. The van der Waals surface area contributed by atoms with Crippen LogP contribution in [-0.2, 0) is 0 Å². The Balaban J connectivity index is 2.42. The lowest BCUT2D eigenvalue weighted by atomic mass is 10.4. The van der Waals surface area contributed by atoms with E-state index in [0.717, 1.165) is 19.6 Å². The second-order valence-corrected chi connectivity index (χ2v) is 3.61. The number of hydrogen-bond donors (Lipinski definition) is 2. The maximum absolute atomic E-state index is 5.91. The lowest BCUT2D eigenvalue weighted by molar-refractivity contribution is 0.738. The Hall–Kier alpha value is -0.510. The third-order valence-electron chi connectivity index (χ3n) is 1.65. The number of nitrogens with one attached hydrogen (secondary N) is 2. The molecule has 0 bridgehead atoms. The summed E-state index contributed by atoms with van der Waals surface area (Å²) in [5, 5.41) is 7.40. The molecule has 0 atom stereocenters. The zero-order valence-electron chi connectivity index (χ0n) is 7.98. The van der Waals surface area contributed by atoms with Gasteiger partial charge in [-0.25, -0.2) is 4.98 Å². The molecule has 0 saturated carbocycles. The standard InChI is InChI=1S/C9H13Cl2N3/c1-2-12-3-4-13-9-8(11)5-7(10)6-14-9/h5-6,12H,2-4H2,1H3,(H,13,14). The number of aromatic nitrogens is 1. The highest BCUT2D eigenvalue weighted by Gasteiger charge is 2.00. The van der Waals surface area contributed by atoms with E-state index >= 15 is 0 Å². The second kappa shape index (κ2) is 6.06. The summed E-state index contributed by atoms with van der Waals surface area (Å²) in [4.78, 5) is 4.07. The van der Waals surface area contributed by atoms with E-state index in [1.807, 2.05) is 0 Å². The predicted molar refractivity (Wildman–Crippen MR) is 61.3 cm³/mol. The van der Waals surface area contributed by atoms with E-state index in [-0.39, 0.29) is 0 Å². The Labute approximate surface area is 93.8 Å². The monoisotopic (exact) mass is 233 g/mol. The van der Waals surface area contributed by atoms with Gasteiger partial charge in [0.15, 0.2) is 0 Å². The van der Waals surface area contributed by atoms with Gasteiger partial charge in [0.05, 0.1) is 10.0 Å². The van der Waals surface area contributed by atoms with E-state index < -0.39 is 0 Å². The summed E-state index contributed by atoms with van der Waals surface area (Å²) in [6, 6.07) is 1.67. The highest BCUT2D eigenvalue weighted by atomic mass is 35.5. The smallest absolute Gasteiger partial charge is 0.144 e. The summed E-state index contributed by atoms with van der Waals surface area (Å²) in [7, 11) is 0. The SMILES string of the molecule is CCNCCNc1ncc(Cl)cc1Cl. The fraction of sp³-hybridized carbons (Fsp3) is 0.444. The van der Waals surface area contributed by atoms with Crippen molar-refractivity contribution < 1.29 is 0 Å². The molecule has 0 spiro atoms. The molecule has 2 N–H and O–H groups in total. The molecule has 1 aromatic heterocycles. The molecule has 14 heavy (non-hydrogen) atoms. The molecule has 0 radical (unpaired) electrons. The Bertz CT molecular complexity index is 291. The number of hydrogen-bond acceptors (Lipinski definition) is 3. The summed E-state index contributed by atoms with van der Waals surface area (Å²) in [5.41, 5.74) is 0. The highest BCUT2D eigenvalue weighted by Crippen LogP contribution is 2.21. The van der Waals surface area contributed by atoms with E-state index in [1.165, 1.54) is 0 Å². The summed E-state index contributed by atoms with van der Waals surface area (Å²) >= 11 is 11.6. The van der Waals surface area contributed by atoms with Crippen LogP contribution in [0.3, 0.4) is 0 Å². The Morgan fingerprint density at radius 3 is 2.79 bits per heavy atom. The van der Waals surface area contributed by atoms with Crippen LogP contribution in [0.4, 0.5) is 5.82 Å².